The van der Waals surface area contributed by atoms with Crippen LogP contribution in [0.4, 0.5) is 0 Å². The van der Waals surface area contributed by atoms with Crippen LogP contribution in [0.2, 0.25) is 5.02 Å². The summed E-state index contributed by atoms with van der Waals surface area (Å²) in [5, 5.41) is 3.70. The van der Waals surface area contributed by atoms with Gasteiger partial charge in [-0.25, -0.2) is 0 Å². The molecule has 0 spiro atoms. The first-order valence-corrected chi connectivity index (χ1v) is 8.87. The predicted molar refractivity (Wildman–Crippen MR) is 92.8 cm³/mol. The van der Waals surface area contributed by atoms with E-state index in [4.69, 9.17) is 11.6 Å². The Kier molecular flexibility index (Phi) is 5.01. The van der Waals surface area contributed by atoms with Gasteiger partial charge in [0.05, 0.1) is 11.1 Å². The molecule has 2 aromatic heterocycles. The van der Waals surface area contributed by atoms with Crippen molar-refractivity contribution < 1.29 is 9.59 Å². The molecule has 1 fully saturated rings. The zero-order chi connectivity index (χ0) is 17.1. The van der Waals surface area contributed by atoms with Crippen LogP contribution in [0.5, 0.6) is 0 Å². The van der Waals surface area contributed by atoms with Gasteiger partial charge in [0, 0.05) is 37.8 Å². The normalized spacial score (nSPS) is 15.2. The Bertz CT molecular complexity index is 803. The zero-order valence-electron chi connectivity index (χ0n) is 12.8. The number of amides is 2. The number of aromatic nitrogens is 1. The molecule has 0 saturated carbocycles. The van der Waals surface area contributed by atoms with Crippen LogP contribution in [0.15, 0.2) is 33.9 Å². The third-order valence-corrected chi connectivity index (χ3v) is 4.91. The van der Waals surface area contributed by atoms with Gasteiger partial charge in [-0.1, -0.05) is 11.6 Å². The van der Waals surface area contributed by atoms with Crippen molar-refractivity contribution in [3.8, 4) is 0 Å². The van der Waals surface area contributed by atoms with Gasteiger partial charge in [0.15, 0.2) is 0 Å². The van der Waals surface area contributed by atoms with Crippen LogP contribution in [-0.4, -0.2) is 52.8 Å². The van der Waals surface area contributed by atoms with Crippen LogP contribution >= 0.6 is 22.9 Å². The number of thiophene rings is 1. The number of nitrogens with zero attached hydrogens (tertiary/aromatic N) is 2. The van der Waals surface area contributed by atoms with E-state index >= 15 is 0 Å². The molecule has 126 valence electrons. The highest BCUT2D eigenvalue weighted by molar-refractivity contribution is 7.08. The lowest BCUT2D eigenvalue weighted by Gasteiger charge is -2.22. The van der Waals surface area contributed by atoms with Gasteiger partial charge in [-0.15, -0.1) is 0 Å². The summed E-state index contributed by atoms with van der Waals surface area (Å²) in [5.41, 5.74) is 0.612. The monoisotopic (exact) mass is 365 g/mol. The van der Waals surface area contributed by atoms with Crippen LogP contribution in [0.3, 0.4) is 0 Å². The van der Waals surface area contributed by atoms with E-state index in [0.29, 0.717) is 43.7 Å². The Balaban J connectivity index is 1.68. The molecule has 3 rings (SSSR count). The molecule has 8 heteroatoms. The molecule has 1 saturated heterocycles. The Labute approximate surface area is 147 Å². The number of halogens is 1. The number of H-pyrrole nitrogens is 1. The summed E-state index contributed by atoms with van der Waals surface area (Å²) in [7, 11) is 0. The van der Waals surface area contributed by atoms with Gasteiger partial charge in [-0.3, -0.25) is 14.4 Å². The van der Waals surface area contributed by atoms with E-state index < -0.39 is 5.56 Å². The molecule has 0 bridgehead atoms. The molecule has 24 heavy (non-hydrogen) atoms. The maximum Gasteiger partial charge on any atom is 0.266 e. The number of pyridine rings is 1. The van der Waals surface area contributed by atoms with Crippen molar-refractivity contribution in [1.82, 2.24) is 14.8 Å². The van der Waals surface area contributed by atoms with Gasteiger partial charge >= 0.3 is 0 Å². The van der Waals surface area contributed by atoms with Crippen molar-refractivity contribution in [2.45, 2.75) is 6.42 Å². The van der Waals surface area contributed by atoms with Crippen LogP contribution in [0.1, 0.15) is 27.1 Å². The largest absolute Gasteiger partial charge is 0.337 e. The fourth-order valence-corrected chi connectivity index (χ4v) is 3.46. The van der Waals surface area contributed by atoms with Crippen LogP contribution in [0.25, 0.3) is 0 Å². The molecule has 3 heterocycles. The number of carbonyl (C=O) groups excluding carboxylic acids is 2. The second-order valence-corrected chi connectivity index (χ2v) is 6.70. The smallest absolute Gasteiger partial charge is 0.266 e. The van der Waals surface area contributed by atoms with E-state index in [1.807, 2.05) is 16.8 Å². The molecular formula is C16H16ClN3O3S. The second kappa shape index (κ2) is 7.19. The molecule has 1 aliphatic rings. The lowest BCUT2D eigenvalue weighted by Crippen LogP contribution is -2.37. The number of hydrogen-bond acceptors (Lipinski definition) is 4. The summed E-state index contributed by atoms with van der Waals surface area (Å²) in [4.78, 5) is 42.2. The molecule has 0 atom stereocenters. The molecule has 0 aromatic carbocycles. The fourth-order valence-electron chi connectivity index (χ4n) is 2.65. The number of nitrogens with one attached hydrogen (secondary N) is 1. The molecule has 2 amide bonds. The average Bonchev–Trinajstić information content (AvgIpc) is 3.00. The number of rotatable bonds is 2. The van der Waals surface area contributed by atoms with E-state index in [9.17, 15) is 14.4 Å². The summed E-state index contributed by atoms with van der Waals surface area (Å²) in [6, 6.07) is 3.19. The lowest BCUT2D eigenvalue weighted by atomic mass is 10.2. The van der Waals surface area contributed by atoms with E-state index in [-0.39, 0.29) is 16.8 Å². The highest BCUT2D eigenvalue weighted by Crippen LogP contribution is 2.14. The Morgan fingerprint density at radius 1 is 1.08 bits per heavy atom. The lowest BCUT2D eigenvalue weighted by molar-refractivity contribution is 0.0719. The number of hydrogen-bond donors (Lipinski definition) is 1. The minimum absolute atomic E-state index is 0.00219. The SMILES string of the molecule is O=C(c1ccsc1)N1CCCN(C(=O)c2c[nH]c(=O)c(Cl)c2)CC1. The van der Waals surface area contributed by atoms with E-state index in [1.54, 1.807) is 9.80 Å². The maximum atomic E-state index is 12.6. The minimum atomic E-state index is -0.420. The van der Waals surface area contributed by atoms with Crippen LogP contribution < -0.4 is 5.56 Å². The van der Waals surface area contributed by atoms with Crippen molar-refractivity contribution in [3.63, 3.8) is 0 Å². The topological polar surface area (TPSA) is 73.5 Å². The predicted octanol–water partition coefficient (Wildman–Crippen LogP) is 2.08. The summed E-state index contributed by atoms with van der Waals surface area (Å²) < 4.78 is 0. The highest BCUT2D eigenvalue weighted by atomic mass is 35.5. The standard InChI is InChI=1S/C16H16ClN3O3S/c17-13-8-12(9-18-14(13)21)16(23)20-4-1-3-19(5-6-20)15(22)11-2-7-24-10-11/h2,7-10H,1,3-6H2,(H,18,21). The van der Waals surface area contributed by atoms with Crippen molar-refractivity contribution >= 4 is 34.8 Å². The Hall–Kier alpha value is -2.12. The van der Waals surface area contributed by atoms with Crippen LogP contribution in [0, 0.1) is 0 Å². The Morgan fingerprint density at radius 2 is 1.75 bits per heavy atom. The van der Waals surface area contributed by atoms with Gasteiger partial charge < -0.3 is 14.8 Å². The van der Waals surface area contributed by atoms with Gasteiger partial charge in [0.25, 0.3) is 17.4 Å². The first-order chi connectivity index (χ1) is 11.6. The average molecular weight is 366 g/mol. The molecular weight excluding hydrogens is 350 g/mol. The summed E-state index contributed by atoms with van der Waals surface area (Å²) in [5.74, 6) is -0.199. The van der Waals surface area contributed by atoms with Gasteiger partial charge in [-0.05, 0) is 23.9 Å². The third kappa shape index (κ3) is 3.52. The highest BCUT2D eigenvalue weighted by Gasteiger charge is 2.24. The van der Waals surface area contributed by atoms with E-state index in [0.717, 1.165) is 0 Å². The van der Waals surface area contributed by atoms with Gasteiger partial charge in [-0.2, -0.15) is 11.3 Å². The first kappa shape index (κ1) is 16.7. The Morgan fingerprint density at radius 3 is 2.33 bits per heavy atom. The summed E-state index contributed by atoms with van der Waals surface area (Å²) in [6.45, 7) is 2.11. The van der Waals surface area contributed by atoms with Crippen molar-refractivity contribution in [1.29, 1.82) is 0 Å². The third-order valence-electron chi connectivity index (χ3n) is 3.94. The maximum absolute atomic E-state index is 12.6. The fraction of sp³-hybridized carbons (Fsp3) is 0.312. The van der Waals surface area contributed by atoms with Gasteiger partial charge in [0.2, 0.25) is 0 Å². The summed E-state index contributed by atoms with van der Waals surface area (Å²) >= 11 is 7.27. The van der Waals surface area contributed by atoms with Crippen molar-refractivity contribution in [2.75, 3.05) is 26.2 Å². The first-order valence-electron chi connectivity index (χ1n) is 7.55. The molecule has 6 nitrogen and oxygen atoms in total. The molecule has 1 N–H and O–H groups in total. The molecule has 0 aliphatic carbocycles. The molecule has 2 aromatic rings. The van der Waals surface area contributed by atoms with Crippen molar-refractivity contribution in [2.24, 2.45) is 0 Å². The van der Waals surface area contributed by atoms with Crippen LogP contribution in [-0.2, 0) is 0 Å². The quantitative estimate of drug-likeness (QED) is 0.885. The van der Waals surface area contributed by atoms with E-state index in [2.05, 4.69) is 4.98 Å². The second-order valence-electron chi connectivity index (χ2n) is 5.52. The minimum Gasteiger partial charge on any atom is -0.337 e. The molecule has 0 radical (unpaired) electrons. The zero-order valence-corrected chi connectivity index (χ0v) is 14.4. The number of aromatic amines is 1. The molecule has 0 unspecified atom stereocenters. The number of carbonyl (C=O) groups is 2. The molecule has 1 aliphatic heterocycles. The van der Waals surface area contributed by atoms with Crippen molar-refractivity contribution in [3.05, 3.63) is 55.6 Å². The summed E-state index contributed by atoms with van der Waals surface area (Å²) in [6.07, 6.45) is 2.08. The van der Waals surface area contributed by atoms with Gasteiger partial charge in [0.1, 0.15) is 5.02 Å². The van der Waals surface area contributed by atoms with E-state index in [1.165, 1.54) is 23.6 Å².